The molecule has 68 valence electrons. The van der Waals surface area contributed by atoms with Crippen LogP contribution >= 0.6 is 0 Å². The highest BCUT2D eigenvalue weighted by atomic mass is 16.3. The van der Waals surface area contributed by atoms with E-state index in [1.54, 1.807) is 0 Å². The maximum absolute atomic E-state index is 9.77. The van der Waals surface area contributed by atoms with Crippen molar-refractivity contribution in [3.63, 3.8) is 0 Å². The van der Waals surface area contributed by atoms with Crippen LogP contribution in [-0.2, 0) is 0 Å². The van der Waals surface area contributed by atoms with Gasteiger partial charge < -0.3 is 5.73 Å². The van der Waals surface area contributed by atoms with Crippen molar-refractivity contribution in [2.75, 3.05) is 12.3 Å². The molecule has 0 saturated heterocycles. The van der Waals surface area contributed by atoms with Crippen molar-refractivity contribution in [3.05, 3.63) is 40.8 Å². The molecule has 0 spiro atoms. The molecule has 3 nitrogen and oxygen atoms in total. The van der Waals surface area contributed by atoms with Crippen LogP contribution in [0.4, 0.5) is 5.69 Å². The molecular weight excluding hydrogens is 164 g/mol. The second-order valence-corrected chi connectivity index (χ2v) is 2.71. The van der Waals surface area contributed by atoms with E-state index in [0.29, 0.717) is 13.0 Å². The summed E-state index contributed by atoms with van der Waals surface area (Å²) in [5.41, 5.74) is 7.38. The average Bonchev–Trinajstić information content (AvgIpc) is 2.13. The molecule has 0 aromatic heterocycles. The Balaban J connectivity index is 2.53. The molecule has 0 unspecified atom stereocenters. The molecule has 0 bridgehead atoms. The number of benzene rings is 1. The highest BCUT2D eigenvalue weighted by Gasteiger charge is 1.86. The number of hydrogen-bond acceptors (Lipinski definition) is 3. The van der Waals surface area contributed by atoms with E-state index in [1.165, 1.54) is 0 Å². The Kier molecular flexibility index (Phi) is 3.70. The zero-order chi connectivity index (χ0) is 9.52. The normalized spacial score (nSPS) is 10.5. The van der Waals surface area contributed by atoms with Crippen LogP contribution < -0.4 is 5.73 Å². The first-order valence-corrected chi connectivity index (χ1v) is 4.14. The van der Waals surface area contributed by atoms with Crippen LogP contribution in [-0.4, -0.2) is 6.54 Å². The third kappa shape index (κ3) is 3.51. The summed E-state index contributed by atoms with van der Waals surface area (Å²) in [5, 5.41) is 2.76. The van der Waals surface area contributed by atoms with E-state index in [-0.39, 0.29) is 0 Å². The number of nitrogens with zero attached hydrogens (tertiary/aromatic N) is 1. The number of nitrogen functional groups attached to an aromatic ring is 1. The van der Waals surface area contributed by atoms with Gasteiger partial charge in [-0.05, 0) is 24.1 Å². The average molecular weight is 176 g/mol. The first-order chi connectivity index (χ1) is 6.33. The summed E-state index contributed by atoms with van der Waals surface area (Å²) in [4.78, 5) is 9.77. The molecule has 0 amide bonds. The summed E-state index contributed by atoms with van der Waals surface area (Å²) in [6, 6.07) is 7.57. The minimum Gasteiger partial charge on any atom is -0.399 e. The fraction of sp³-hybridized carbons (Fsp3) is 0.200. The van der Waals surface area contributed by atoms with E-state index in [1.807, 2.05) is 36.4 Å². The van der Waals surface area contributed by atoms with Gasteiger partial charge in [-0.1, -0.05) is 29.5 Å². The number of nitroso groups, excluding NO2 is 1. The molecule has 2 N–H and O–H groups in total. The lowest BCUT2D eigenvalue weighted by molar-refractivity contribution is 1.00. The topological polar surface area (TPSA) is 55.4 Å². The maximum atomic E-state index is 9.77. The third-order valence-electron chi connectivity index (χ3n) is 1.61. The molecule has 0 atom stereocenters. The second-order valence-electron chi connectivity index (χ2n) is 2.71. The van der Waals surface area contributed by atoms with Gasteiger partial charge in [0.25, 0.3) is 0 Å². The largest absolute Gasteiger partial charge is 0.399 e. The Morgan fingerprint density at radius 1 is 1.46 bits per heavy atom. The predicted octanol–water partition coefficient (Wildman–Crippen LogP) is 2.44. The van der Waals surface area contributed by atoms with Crippen molar-refractivity contribution >= 4 is 11.8 Å². The third-order valence-corrected chi connectivity index (χ3v) is 1.61. The lowest BCUT2D eigenvalue weighted by atomic mass is 10.2. The van der Waals surface area contributed by atoms with E-state index >= 15 is 0 Å². The van der Waals surface area contributed by atoms with Crippen LogP contribution in [0.2, 0.25) is 0 Å². The van der Waals surface area contributed by atoms with E-state index < -0.39 is 0 Å². The fourth-order valence-corrected chi connectivity index (χ4v) is 1.01. The zero-order valence-electron chi connectivity index (χ0n) is 7.31. The number of anilines is 1. The van der Waals surface area contributed by atoms with Crippen LogP contribution in [0.15, 0.2) is 35.5 Å². The van der Waals surface area contributed by atoms with Crippen molar-refractivity contribution in [1.82, 2.24) is 0 Å². The van der Waals surface area contributed by atoms with Gasteiger partial charge in [0.05, 0.1) is 6.54 Å². The lowest BCUT2D eigenvalue weighted by Gasteiger charge is -1.94. The maximum Gasteiger partial charge on any atom is 0.0845 e. The molecule has 0 heterocycles. The summed E-state index contributed by atoms with van der Waals surface area (Å²) in [7, 11) is 0. The minimum absolute atomic E-state index is 0.332. The Labute approximate surface area is 77.2 Å². The summed E-state index contributed by atoms with van der Waals surface area (Å²) in [5.74, 6) is 0. The van der Waals surface area contributed by atoms with Crippen LogP contribution in [0, 0.1) is 4.91 Å². The highest BCUT2D eigenvalue weighted by Crippen LogP contribution is 2.08. The monoisotopic (exact) mass is 176 g/mol. The van der Waals surface area contributed by atoms with E-state index in [2.05, 4.69) is 5.18 Å². The molecule has 3 heteroatoms. The van der Waals surface area contributed by atoms with Crippen LogP contribution in [0.5, 0.6) is 0 Å². The van der Waals surface area contributed by atoms with E-state index in [9.17, 15) is 4.91 Å². The molecule has 0 aliphatic heterocycles. The fourth-order valence-electron chi connectivity index (χ4n) is 1.01. The van der Waals surface area contributed by atoms with Gasteiger partial charge in [0.2, 0.25) is 0 Å². The van der Waals surface area contributed by atoms with Gasteiger partial charge in [0.1, 0.15) is 0 Å². The van der Waals surface area contributed by atoms with Gasteiger partial charge in [-0.3, -0.25) is 0 Å². The molecule has 0 fully saturated rings. The van der Waals surface area contributed by atoms with Gasteiger partial charge in [-0.2, -0.15) is 4.91 Å². The summed E-state index contributed by atoms with van der Waals surface area (Å²) < 4.78 is 0. The zero-order valence-corrected chi connectivity index (χ0v) is 7.31. The molecule has 0 aliphatic carbocycles. The summed E-state index contributed by atoms with van der Waals surface area (Å²) in [6.07, 6.45) is 4.52. The van der Waals surface area contributed by atoms with Crippen molar-refractivity contribution in [2.45, 2.75) is 6.42 Å². The van der Waals surface area contributed by atoms with E-state index in [0.717, 1.165) is 11.3 Å². The smallest absolute Gasteiger partial charge is 0.0845 e. The molecule has 1 rings (SSSR count). The summed E-state index contributed by atoms with van der Waals surface area (Å²) in [6.45, 7) is 0.332. The second kappa shape index (κ2) is 5.09. The molecule has 1 aromatic carbocycles. The first kappa shape index (κ1) is 9.45. The highest BCUT2D eigenvalue weighted by molar-refractivity contribution is 5.55. The Hall–Kier alpha value is -1.64. The molecular formula is C10H12N2O. The van der Waals surface area contributed by atoms with Gasteiger partial charge in [-0.15, -0.1) is 0 Å². The van der Waals surface area contributed by atoms with Crippen molar-refractivity contribution in [1.29, 1.82) is 0 Å². The quantitative estimate of drug-likeness (QED) is 0.435. The molecule has 0 aliphatic rings. The standard InChI is InChI=1S/C10H12N2O/c11-10-6-3-5-9(8-10)4-1-2-7-12-13/h1,3-6,8H,2,7,11H2/b4-1+. The van der Waals surface area contributed by atoms with E-state index in [4.69, 9.17) is 5.73 Å². The van der Waals surface area contributed by atoms with Crippen molar-refractivity contribution in [2.24, 2.45) is 5.18 Å². The Morgan fingerprint density at radius 3 is 3.00 bits per heavy atom. The van der Waals surface area contributed by atoms with Crippen molar-refractivity contribution in [3.8, 4) is 0 Å². The predicted molar refractivity (Wildman–Crippen MR) is 55.2 cm³/mol. The molecule has 1 aromatic rings. The van der Waals surface area contributed by atoms with Crippen molar-refractivity contribution < 1.29 is 0 Å². The van der Waals surface area contributed by atoms with Gasteiger partial charge in [0.15, 0.2) is 0 Å². The van der Waals surface area contributed by atoms with Gasteiger partial charge in [0, 0.05) is 5.69 Å². The van der Waals surface area contributed by atoms with Crippen LogP contribution in [0.25, 0.3) is 6.08 Å². The number of rotatable bonds is 4. The Morgan fingerprint density at radius 2 is 2.31 bits per heavy atom. The SMILES string of the molecule is Nc1cccc(/C=C/CCN=O)c1. The van der Waals surface area contributed by atoms with Gasteiger partial charge in [-0.25, -0.2) is 0 Å². The first-order valence-electron chi connectivity index (χ1n) is 4.14. The van der Waals surface area contributed by atoms with Crippen LogP contribution in [0.3, 0.4) is 0 Å². The lowest BCUT2D eigenvalue weighted by Crippen LogP contribution is -1.83. The van der Waals surface area contributed by atoms with Gasteiger partial charge >= 0.3 is 0 Å². The summed E-state index contributed by atoms with van der Waals surface area (Å²) >= 11 is 0. The van der Waals surface area contributed by atoms with Crippen LogP contribution in [0.1, 0.15) is 12.0 Å². The Bertz CT molecular complexity index is 308. The number of nitrogens with two attached hydrogens (primary N) is 1. The number of hydrogen-bond donors (Lipinski definition) is 1. The minimum atomic E-state index is 0.332. The molecule has 0 radical (unpaired) electrons. The molecule has 13 heavy (non-hydrogen) atoms. The molecule has 0 saturated carbocycles.